The summed E-state index contributed by atoms with van der Waals surface area (Å²) in [5.74, 6) is 1.02. The van der Waals surface area contributed by atoms with Gasteiger partial charge in [-0.25, -0.2) is 4.68 Å². The van der Waals surface area contributed by atoms with Crippen LogP contribution in [0.25, 0.3) is 5.69 Å². The molecule has 1 amide bonds. The second-order valence-electron chi connectivity index (χ2n) is 7.89. The fourth-order valence-corrected chi connectivity index (χ4v) is 3.90. The van der Waals surface area contributed by atoms with Crippen LogP contribution in [0, 0.1) is 0 Å². The second-order valence-corrected chi connectivity index (χ2v) is 7.89. The molecule has 5 nitrogen and oxygen atoms in total. The predicted molar refractivity (Wildman–Crippen MR) is 118 cm³/mol. The van der Waals surface area contributed by atoms with Crippen molar-refractivity contribution in [1.82, 2.24) is 15.1 Å². The van der Waals surface area contributed by atoms with Crippen LogP contribution in [0.4, 0.5) is 0 Å². The first-order valence-electron chi connectivity index (χ1n) is 10.9. The Hall–Kier alpha value is -3.08. The van der Waals surface area contributed by atoms with Gasteiger partial charge in [-0.15, -0.1) is 0 Å². The average molecular weight is 404 g/mol. The summed E-state index contributed by atoms with van der Waals surface area (Å²) in [6.07, 6.45) is 10.9. The molecule has 1 saturated carbocycles. The highest BCUT2D eigenvalue weighted by Gasteiger charge is 2.16. The quantitative estimate of drug-likeness (QED) is 0.573. The molecule has 2 aromatic carbocycles. The summed E-state index contributed by atoms with van der Waals surface area (Å²) in [7, 11) is 0. The number of amides is 1. The summed E-state index contributed by atoms with van der Waals surface area (Å²) >= 11 is 0. The number of carbonyl (C=O) groups is 1. The number of carbonyl (C=O) groups excluding carboxylic acids is 1. The van der Waals surface area contributed by atoms with Crippen LogP contribution in [-0.2, 0) is 17.6 Å². The molecule has 0 radical (unpaired) electrons. The first-order chi connectivity index (χ1) is 14.8. The fraction of sp³-hybridized carbons (Fsp3) is 0.360. The van der Waals surface area contributed by atoms with E-state index in [0.717, 1.165) is 42.7 Å². The Balaban J connectivity index is 1.18. The highest BCUT2D eigenvalue weighted by molar-refractivity contribution is 5.76. The molecule has 0 unspecified atom stereocenters. The van der Waals surface area contributed by atoms with E-state index in [0.29, 0.717) is 19.1 Å². The van der Waals surface area contributed by atoms with Gasteiger partial charge in [0, 0.05) is 25.4 Å². The lowest BCUT2D eigenvalue weighted by atomic mass is 10.1. The number of hydrogen-bond acceptors (Lipinski definition) is 3. The summed E-state index contributed by atoms with van der Waals surface area (Å²) in [5.41, 5.74) is 3.38. The molecule has 0 aliphatic heterocycles. The first kappa shape index (κ1) is 20.2. The van der Waals surface area contributed by atoms with E-state index in [2.05, 4.69) is 34.7 Å². The van der Waals surface area contributed by atoms with Gasteiger partial charge in [-0.3, -0.25) is 4.79 Å². The second kappa shape index (κ2) is 10.1. The summed E-state index contributed by atoms with van der Waals surface area (Å²) in [5, 5.41) is 7.26. The fourth-order valence-electron chi connectivity index (χ4n) is 3.90. The van der Waals surface area contributed by atoms with Crippen molar-refractivity contribution in [3.63, 3.8) is 0 Å². The van der Waals surface area contributed by atoms with Crippen molar-refractivity contribution in [1.29, 1.82) is 0 Å². The summed E-state index contributed by atoms with van der Waals surface area (Å²) in [6, 6.07) is 18.3. The zero-order valence-corrected chi connectivity index (χ0v) is 17.3. The van der Waals surface area contributed by atoms with Gasteiger partial charge in [0.25, 0.3) is 0 Å². The van der Waals surface area contributed by atoms with Crippen molar-refractivity contribution < 1.29 is 9.53 Å². The zero-order valence-electron chi connectivity index (χ0n) is 17.3. The third-order valence-corrected chi connectivity index (χ3v) is 5.59. The van der Waals surface area contributed by atoms with Gasteiger partial charge in [0.15, 0.2) is 0 Å². The minimum Gasteiger partial charge on any atom is -0.490 e. The highest BCUT2D eigenvalue weighted by Crippen LogP contribution is 2.24. The van der Waals surface area contributed by atoms with Crippen molar-refractivity contribution in [2.24, 2.45) is 0 Å². The molecule has 0 spiro atoms. The van der Waals surface area contributed by atoms with Gasteiger partial charge < -0.3 is 10.1 Å². The Bertz CT molecular complexity index is 929. The minimum absolute atomic E-state index is 0.0882. The largest absolute Gasteiger partial charge is 0.490 e. The molecule has 156 valence electrons. The molecule has 30 heavy (non-hydrogen) atoms. The zero-order chi connectivity index (χ0) is 20.6. The van der Waals surface area contributed by atoms with Crippen molar-refractivity contribution in [2.75, 3.05) is 6.54 Å². The van der Waals surface area contributed by atoms with E-state index < -0.39 is 0 Å². The molecule has 1 aliphatic carbocycles. The van der Waals surface area contributed by atoms with E-state index in [4.69, 9.17) is 4.74 Å². The van der Waals surface area contributed by atoms with Gasteiger partial charge in [0.05, 0.1) is 11.8 Å². The maximum atomic E-state index is 12.2. The van der Waals surface area contributed by atoms with E-state index >= 15 is 0 Å². The van der Waals surface area contributed by atoms with E-state index in [1.54, 1.807) is 6.20 Å². The van der Waals surface area contributed by atoms with Gasteiger partial charge in [-0.05, 0) is 80.0 Å². The number of rotatable bonds is 9. The standard InChI is InChI=1S/C25H29N3O2/c29-25(14-11-21-5-3-8-24(19-21)30-23-6-1-2-7-23)26-17-15-20-9-12-22(13-10-20)28-18-4-16-27-28/h3-5,8-10,12-13,16,18-19,23H,1-2,6-7,11,14-15,17H2,(H,26,29). The third-order valence-electron chi connectivity index (χ3n) is 5.59. The highest BCUT2D eigenvalue weighted by atomic mass is 16.5. The molecule has 4 rings (SSSR count). The minimum atomic E-state index is 0.0882. The van der Waals surface area contributed by atoms with Crippen LogP contribution in [-0.4, -0.2) is 28.3 Å². The number of nitrogens with one attached hydrogen (secondary N) is 1. The molecular weight excluding hydrogens is 374 g/mol. The van der Waals surface area contributed by atoms with Gasteiger partial charge in [0.2, 0.25) is 5.91 Å². The average Bonchev–Trinajstić information content (AvgIpc) is 3.48. The van der Waals surface area contributed by atoms with Gasteiger partial charge in [-0.1, -0.05) is 24.3 Å². The number of ether oxygens (including phenoxy) is 1. The van der Waals surface area contributed by atoms with Crippen molar-refractivity contribution >= 4 is 5.91 Å². The summed E-state index contributed by atoms with van der Waals surface area (Å²) in [4.78, 5) is 12.2. The molecule has 1 aromatic heterocycles. The molecule has 0 saturated heterocycles. The monoisotopic (exact) mass is 403 g/mol. The van der Waals surface area contributed by atoms with Crippen LogP contribution < -0.4 is 10.1 Å². The lowest BCUT2D eigenvalue weighted by Crippen LogP contribution is -2.25. The van der Waals surface area contributed by atoms with Gasteiger partial charge in [0.1, 0.15) is 5.75 Å². The maximum Gasteiger partial charge on any atom is 0.220 e. The number of nitrogens with zero attached hydrogens (tertiary/aromatic N) is 2. The SMILES string of the molecule is O=C(CCc1cccc(OC2CCCC2)c1)NCCc1ccc(-n2cccn2)cc1. The van der Waals surface area contributed by atoms with E-state index in [1.165, 1.54) is 18.4 Å². The molecule has 0 atom stereocenters. The molecule has 3 aromatic rings. The summed E-state index contributed by atoms with van der Waals surface area (Å²) < 4.78 is 7.90. The molecule has 1 N–H and O–H groups in total. The van der Waals surface area contributed by atoms with Crippen LogP contribution in [0.5, 0.6) is 5.75 Å². The van der Waals surface area contributed by atoms with Crippen molar-refractivity contribution in [2.45, 2.75) is 51.0 Å². The molecular formula is C25H29N3O2. The smallest absolute Gasteiger partial charge is 0.220 e. The van der Waals surface area contributed by atoms with Crippen LogP contribution >= 0.6 is 0 Å². The molecule has 1 fully saturated rings. The number of aryl methyl sites for hydroxylation is 1. The Morgan fingerprint density at radius 2 is 1.87 bits per heavy atom. The Kier molecular flexibility index (Phi) is 6.80. The van der Waals surface area contributed by atoms with E-state index in [9.17, 15) is 4.79 Å². The topological polar surface area (TPSA) is 56.1 Å². The maximum absolute atomic E-state index is 12.2. The van der Waals surface area contributed by atoms with Crippen LogP contribution in [0.2, 0.25) is 0 Å². The number of hydrogen-bond donors (Lipinski definition) is 1. The van der Waals surface area contributed by atoms with E-state index in [1.807, 2.05) is 41.2 Å². The lowest BCUT2D eigenvalue weighted by Gasteiger charge is -2.13. The molecule has 1 heterocycles. The van der Waals surface area contributed by atoms with Crippen LogP contribution in [0.15, 0.2) is 67.0 Å². The Labute approximate surface area is 178 Å². The molecule has 0 bridgehead atoms. The van der Waals surface area contributed by atoms with Crippen LogP contribution in [0.1, 0.15) is 43.2 Å². The predicted octanol–water partition coefficient (Wildman–Crippen LogP) is 4.49. The third kappa shape index (κ3) is 5.72. The number of benzene rings is 2. The Morgan fingerprint density at radius 1 is 1.03 bits per heavy atom. The molecule has 1 aliphatic rings. The van der Waals surface area contributed by atoms with Gasteiger partial charge in [-0.2, -0.15) is 5.10 Å². The lowest BCUT2D eigenvalue weighted by molar-refractivity contribution is -0.121. The van der Waals surface area contributed by atoms with Crippen molar-refractivity contribution in [3.8, 4) is 11.4 Å². The Morgan fingerprint density at radius 3 is 2.63 bits per heavy atom. The van der Waals surface area contributed by atoms with Crippen LogP contribution in [0.3, 0.4) is 0 Å². The first-order valence-corrected chi connectivity index (χ1v) is 10.9. The van der Waals surface area contributed by atoms with Crippen molar-refractivity contribution in [3.05, 3.63) is 78.1 Å². The van der Waals surface area contributed by atoms with Gasteiger partial charge >= 0.3 is 0 Å². The van der Waals surface area contributed by atoms with E-state index in [-0.39, 0.29) is 5.91 Å². The molecule has 5 heteroatoms. The summed E-state index contributed by atoms with van der Waals surface area (Å²) in [6.45, 7) is 0.644. The number of aromatic nitrogens is 2. The normalized spacial score (nSPS) is 14.0.